The average Bonchev–Trinajstić information content (AvgIpc) is 3.71. The van der Waals surface area contributed by atoms with E-state index in [4.69, 9.17) is 4.98 Å². The quantitative estimate of drug-likeness (QED) is 0.195. The molecule has 1 N–H and O–H groups in total. The van der Waals surface area contributed by atoms with Gasteiger partial charge in [-0.05, 0) is 61.4 Å². The predicted molar refractivity (Wildman–Crippen MR) is 163 cm³/mol. The van der Waals surface area contributed by atoms with Gasteiger partial charge in [-0.2, -0.15) is 0 Å². The lowest BCUT2D eigenvalue weighted by Gasteiger charge is -2.40. The zero-order valence-electron chi connectivity index (χ0n) is 24.1. The first-order valence-electron chi connectivity index (χ1n) is 14.6. The Kier molecular flexibility index (Phi) is 8.81. The highest BCUT2D eigenvalue weighted by Gasteiger charge is 2.38. The summed E-state index contributed by atoms with van der Waals surface area (Å²) in [6.45, 7) is 10.00. The number of amides is 1. The highest BCUT2D eigenvalue weighted by atomic mass is 16.2. The lowest BCUT2D eigenvalue weighted by Crippen LogP contribution is -2.43. The summed E-state index contributed by atoms with van der Waals surface area (Å²) in [5.74, 6) is 1.81. The number of rotatable bonds is 12. The van der Waals surface area contributed by atoms with Gasteiger partial charge in [0.25, 0.3) is 5.91 Å². The van der Waals surface area contributed by atoms with E-state index in [0.29, 0.717) is 18.7 Å². The monoisotopic (exact) mass is 534 g/mol. The van der Waals surface area contributed by atoms with Crippen molar-refractivity contribution in [1.82, 2.24) is 19.8 Å². The van der Waals surface area contributed by atoms with E-state index in [1.807, 2.05) is 54.6 Å². The molecule has 0 radical (unpaired) electrons. The molecule has 3 aromatic carbocycles. The molecular formula is C35H42N4O. The van der Waals surface area contributed by atoms with Crippen molar-refractivity contribution in [1.29, 1.82) is 0 Å². The van der Waals surface area contributed by atoms with Crippen molar-refractivity contribution >= 4 is 5.91 Å². The smallest absolute Gasteiger partial charge is 0.254 e. The van der Waals surface area contributed by atoms with Crippen molar-refractivity contribution in [3.63, 3.8) is 0 Å². The average molecular weight is 535 g/mol. The van der Waals surface area contributed by atoms with Crippen LogP contribution in [0.1, 0.15) is 67.8 Å². The molecular weight excluding hydrogens is 492 g/mol. The fraction of sp³-hybridized carbons (Fsp3) is 0.371. The third kappa shape index (κ3) is 7.08. The van der Waals surface area contributed by atoms with E-state index in [-0.39, 0.29) is 17.4 Å². The summed E-state index contributed by atoms with van der Waals surface area (Å²) in [6.07, 6.45) is 5.72. The molecule has 208 valence electrons. The van der Waals surface area contributed by atoms with Gasteiger partial charge in [-0.15, -0.1) is 0 Å². The molecule has 1 heterocycles. The number of nitrogens with zero attached hydrogens (tertiary/aromatic N) is 3. The second kappa shape index (κ2) is 12.6. The number of carbonyl (C=O) groups excluding carboxylic acids is 1. The molecule has 5 nitrogen and oxygen atoms in total. The van der Waals surface area contributed by atoms with Crippen LogP contribution in [0, 0.1) is 11.3 Å². The summed E-state index contributed by atoms with van der Waals surface area (Å²) in [7, 11) is 0. The summed E-state index contributed by atoms with van der Waals surface area (Å²) in [5.41, 5.74) is 3.68. The van der Waals surface area contributed by atoms with Crippen molar-refractivity contribution in [2.45, 2.75) is 52.6 Å². The van der Waals surface area contributed by atoms with Gasteiger partial charge in [-0.25, -0.2) is 4.98 Å². The fourth-order valence-corrected chi connectivity index (χ4v) is 5.39. The highest BCUT2D eigenvalue weighted by Crippen LogP contribution is 2.40. The van der Waals surface area contributed by atoms with Crippen LogP contribution in [0.15, 0.2) is 97.2 Å². The van der Waals surface area contributed by atoms with Crippen molar-refractivity contribution in [3.8, 4) is 11.3 Å². The van der Waals surface area contributed by atoms with Gasteiger partial charge in [0.2, 0.25) is 0 Å². The first-order valence-corrected chi connectivity index (χ1v) is 14.6. The summed E-state index contributed by atoms with van der Waals surface area (Å²) in [5, 5.41) is 3.61. The van der Waals surface area contributed by atoms with Crippen molar-refractivity contribution < 1.29 is 4.79 Å². The number of hydrogen-bond donors (Lipinski definition) is 1. The number of imidazole rings is 1. The van der Waals surface area contributed by atoms with Crippen LogP contribution in [0.4, 0.5) is 0 Å². The van der Waals surface area contributed by atoms with Gasteiger partial charge in [0.1, 0.15) is 5.82 Å². The van der Waals surface area contributed by atoms with Gasteiger partial charge in [-0.3, -0.25) is 4.79 Å². The van der Waals surface area contributed by atoms with E-state index in [1.54, 1.807) is 0 Å². The summed E-state index contributed by atoms with van der Waals surface area (Å²) >= 11 is 0. The van der Waals surface area contributed by atoms with E-state index in [2.05, 4.69) is 78.2 Å². The van der Waals surface area contributed by atoms with Crippen molar-refractivity contribution in [2.24, 2.45) is 11.3 Å². The largest absolute Gasteiger partial charge is 0.328 e. The lowest BCUT2D eigenvalue weighted by atomic mass is 9.84. The Labute approximate surface area is 239 Å². The molecule has 1 aliphatic carbocycles. The topological polar surface area (TPSA) is 50.2 Å². The van der Waals surface area contributed by atoms with Crippen LogP contribution in [0.25, 0.3) is 11.3 Å². The molecule has 5 rings (SSSR count). The molecule has 1 saturated carbocycles. The van der Waals surface area contributed by atoms with Gasteiger partial charge in [0.15, 0.2) is 0 Å². The molecule has 1 amide bonds. The first-order chi connectivity index (χ1) is 19.4. The molecule has 1 atom stereocenters. The van der Waals surface area contributed by atoms with Crippen molar-refractivity contribution in [2.75, 3.05) is 19.6 Å². The fourth-order valence-electron chi connectivity index (χ4n) is 5.39. The van der Waals surface area contributed by atoms with E-state index in [9.17, 15) is 4.79 Å². The third-order valence-corrected chi connectivity index (χ3v) is 7.61. The maximum Gasteiger partial charge on any atom is 0.254 e. The molecule has 1 aromatic heterocycles. The van der Waals surface area contributed by atoms with Crippen LogP contribution in [0.5, 0.6) is 0 Å². The molecule has 0 bridgehead atoms. The molecule has 0 unspecified atom stereocenters. The van der Waals surface area contributed by atoms with Gasteiger partial charge < -0.3 is 14.8 Å². The number of nitrogens with one attached hydrogen (secondary N) is 1. The van der Waals surface area contributed by atoms with E-state index in [0.717, 1.165) is 42.5 Å². The third-order valence-electron chi connectivity index (χ3n) is 7.61. The number of carbonyl (C=O) groups is 1. The van der Waals surface area contributed by atoms with Crippen LogP contribution in [0.3, 0.4) is 0 Å². The Hall–Kier alpha value is -3.70. The normalized spacial score (nSPS) is 14.2. The summed E-state index contributed by atoms with van der Waals surface area (Å²) in [6, 6.07) is 30.3. The second-order valence-corrected chi connectivity index (χ2v) is 12.1. The SMILES string of the molecule is CC(C)(C)[C@H](c1nc(-c2ccccc2)cn1Cc1ccccc1)N(CCCNCC1CC1)C(=O)c1ccccc1. The Bertz CT molecular complexity index is 1360. The van der Waals surface area contributed by atoms with E-state index in [1.165, 1.54) is 18.4 Å². The molecule has 4 aromatic rings. The summed E-state index contributed by atoms with van der Waals surface area (Å²) in [4.78, 5) is 21.5. The number of hydrogen-bond acceptors (Lipinski definition) is 3. The van der Waals surface area contributed by atoms with Crippen LogP contribution < -0.4 is 5.32 Å². The van der Waals surface area contributed by atoms with Crippen LogP contribution in [-0.2, 0) is 6.54 Å². The zero-order valence-corrected chi connectivity index (χ0v) is 24.1. The standard InChI is InChI=1S/C35H42N4O/c1-35(2,3)32(39(23-13-22-36-24-27-20-21-27)34(40)30-18-11-6-12-19-30)33-37-31(29-16-9-5-10-17-29)26-38(33)25-28-14-7-4-8-15-28/h4-12,14-19,26-27,32,36H,13,20-25H2,1-3H3/t32-/m0/s1. The summed E-state index contributed by atoms with van der Waals surface area (Å²) < 4.78 is 2.25. The minimum Gasteiger partial charge on any atom is -0.328 e. The second-order valence-electron chi connectivity index (χ2n) is 12.1. The maximum atomic E-state index is 14.2. The van der Waals surface area contributed by atoms with Crippen LogP contribution in [-0.4, -0.2) is 40.0 Å². The van der Waals surface area contributed by atoms with Crippen molar-refractivity contribution in [3.05, 3.63) is 114 Å². The Balaban J connectivity index is 1.54. The minimum absolute atomic E-state index is 0.0539. The first kappa shape index (κ1) is 27.9. The van der Waals surface area contributed by atoms with Gasteiger partial charge in [0, 0.05) is 30.4 Å². The molecule has 40 heavy (non-hydrogen) atoms. The lowest BCUT2D eigenvalue weighted by molar-refractivity contribution is 0.0480. The van der Waals surface area contributed by atoms with E-state index < -0.39 is 0 Å². The maximum absolute atomic E-state index is 14.2. The predicted octanol–water partition coefficient (Wildman–Crippen LogP) is 7.22. The van der Waals surface area contributed by atoms with Gasteiger partial charge >= 0.3 is 0 Å². The minimum atomic E-state index is -0.250. The Morgan fingerprint density at radius 1 is 0.950 bits per heavy atom. The number of aromatic nitrogens is 2. The molecule has 1 fully saturated rings. The molecule has 0 aliphatic heterocycles. The molecule has 0 spiro atoms. The highest BCUT2D eigenvalue weighted by molar-refractivity contribution is 5.94. The van der Waals surface area contributed by atoms with Gasteiger partial charge in [-0.1, -0.05) is 99.6 Å². The molecule has 1 aliphatic rings. The number of benzene rings is 3. The van der Waals surface area contributed by atoms with Crippen LogP contribution in [0.2, 0.25) is 0 Å². The Morgan fingerprint density at radius 2 is 1.57 bits per heavy atom. The Morgan fingerprint density at radius 3 is 2.20 bits per heavy atom. The molecule has 0 saturated heterocycles. The van der Waals surface area contributed by atoms with E-state index >= 15 is 0 Å². The van der Waals surface area contributed by atoms with Gasteiger partial charge in [0.05, 0.1) is 11.7 Å². The zero-order chi connectivity index (χ0) is 28.0. The van der Waals surface area contributed by atoms with Crippen LogP contribution >= 0.6 is 0 Å². The molecule has 5 heteroatoms.